The van der Waals surface area contributed by atoms with Gasteiger partial charge in [0, 0.05) is 5.69 Å². The first-order chi connectivity index (χ1) is 10.5. The second-order valence-corrected chi connectivity index (χ2v) is 4.89. The lowest BCUT2D eigenvalue weighted by Gasteiger charge is -2.10. The smallest absolute Gasteiger partial charge is 0.267 e. The Bertz CT molecular complexity index is 651. The maximum absolute atomic E-state index is 12.8. The molecule has 2 aromatic rings. The Kier molecular flexibility index (Phi) is 5.25. The molecule has 1 N–H and O–H groups in total. The van der Waals surface area contributed by atoms with Gasteiger partial charge in [0.15, 0.2) is 0 Å². The fourth-order valence-corrected chi connectivity index (χ4v) is 1.66. The van der Waals surface area contributed by atoms with E-state index in [0.29, 0.717) is 5.69 Å². The highest BCUT2D eigenvalue weighted by molar-refractivity contribution is 5.93. The van der Waals surface area contributed by atoms with Crippen molar-refractivity contribution in [3.63, 3.8) is 0 Å². The maximum atomic E-state index is 12.8. The molecule has 0 saturated carbocycles. The molecule has 22 heavy (non-hydrogen) atoms. The van der Waals surface area contributed by atoms with Crippen LogP contribution in [0.25, 0.3) is 0 Å². The summed E-state index contributed by atoms with van der Waals surface area (Å²) >= 11 is 0. The predicted molar refractivity (Wildman–Crippen MR) is 84.3 cm³/mol. The molecular formula is C17H17FN2O2. The van der Waals surface area contributed by atoms with Crippen molar-refractivity contribution in [2.45, 2.75) is 20.0 Å². The number of anilines is 1. The summed E-state index contributed by atoms with van der Waals surface area (Å²) in [7, 11) is 0. The van der Waals surface area contributed by atoms with Gasteiger partial charge in [-0.1, -0.05) is 35.0 Å². The van der Waals surface area contributed by atoms with Gasteiger partial charge in [-0.05, 0) is 43.7 Å². The first-order valence-corrected chi connectivity index (χ1v) is 6.87. The largest absolute Gasteiger partial charge is 0.383 e. The number of benzene rings is 2. The molecule has 0 aliphatic heterocycles. The standard InChI is InChI=1S/C17H17FN2O2/c1-12-3-5-14(6-4-12)11-19-22-13(2)17(21)20-16-9-7-15(18)8-10-16/h3-11,13H,1-2H3,(H,20,21)/b19-11-/t13-/m0/s1. The summed E-state index contributed by atoms with van der Waals surface area (Å²) in [5.41, 5.74) is 2.55. The molecule has 2 rings (SSSR count). The van der Waals surface area contributed by atoms with Crippen molar-refractivity contribution in [1.29, 1.82) is 0 Å². The normalized spacial score (nSPS) is 12.1. The van der Waals surface area contributed by atoms with Crippen molar-refractivity contribution in [1.82, 2.24) is 0 Å². The third-order valence-electron chi connectivity index (χ3n) is 2.98. The Labute approximate surface area is 128 Å². The van der Waals surface area contributed by atoms with Crippen molar-refractivity contribution >= 4 is 17.8 Å². The molecule has 4 nitrogen and oxygen atoms in total. The van der Waals surface area contributed by atoms with E-state index in [9.17, 15) is 9.18 Å². The Hall–Kier alpha value is -2.69. The zero-order valence-electron chi connectivity index (χ0n) is 12.4. The number of halogens is 1. The Morgan fingerprint density at radius 3 is 2.45 bits per heavy atom. The van der Waals surface area contributed by atoms with Gasteiger partial charge in [-0.3, -0.25) is 4.79 Å². The van der Waals surface area contributed by atoms with E-state index >= 15 is 0 Å². The Balaban J connectivity index is 1.85. The van der Waals surface area contributed by atoms with Crippen LogP contribution in [0.4, 0.5) is 10.1 Å². The summed E-state index contributed by atoms with van der Waals surface area (Å²) in [4.78, 5) is 17.0. The predicted octanol–water partition coefficient (Wildman–Crippen LogP) is 3.51. The van der Waals surface area contributed by atoms with Crippen molar-refractivity contribution in [3.8, 4) is 0 Å². The molecule has 0 spiro atoms. The number of aryl methyl sites for hydroxylation is 1. The van der Waals surface area contributed by atoms with Crippen LogP contribution in [-0.2, 0) is 9.63 Å². The summed E-state index contributed by atoms with van der Waals surface area (Å²) in [6.45, 7) is 3.59. The van der Waals surface area contributed by atoms with E-state index in [2.05, 4.69) is 10.5 Å². The summed E-state index contributed by atoms with van der Waals surface area (Å²) in [5.74, 6) is -0.711. The van der Waals surface area contributed by atoms with Gasteiger partial charge in [-0.25, -0.2) is 4.39 Å². The lowest BCUT2D eigenvalue weighted by Crippen LogP contribution is -2.26. The quantitative estimate of drug-likeness (QED) is 0.678. The number of oxime groups is 1. The molecular weight excluding hydrogens is 283 g/mol. The maximum Gasteiger partial charge on any atom is 0.267 e. The van der Waals surface area contributed by atoms with Crippen LogP contribution in [0.3, 0.4) is 0 Å². The minimum atomic E-state index is -0.758. The third kappa shape index (κ3) is 4.70. The van der Waals surface area contributed by atoms with Gasteiger partial charge in [-0.2, -0.15) is 0 Å². The average Bonchev–Trinajstić information content (AvgIpc) is 2.51. The Morgan fingerprint density at radius 1 is 1.18 bits per heavy atom. The van der Waals surface area contributed by atoms with Gasteiger partial charge in [0.05, 0.1) is 6.21 Å². The third-order valence-corrected chi connectivity index (χ3v) is 2.98. The SMILES string of the molecule is Cc1ccc(/C=N\O[C@@H](C)C(=O)Nc2ccc(F)cc2)cc1. The van der Waals surface area contributed by atoms with Gasteiger partial charge < -0.3 is 10.2 Å². The number of rotatable bonds is 5. The summed E-state index contributed by atoms with van der Waals surface area (Å²) < 4.78 is 12.8. The lowest BCUT2D eigenvalue weighted by atomic mass is 10.2. The van der Waals surface area contributed by atoms with E-state index in [0.717, 1.165) is 11.1 Å². The number of carbonyl (C=O) groups is 1. The number of carbonyl (C=O) groups excluding carboxylic acids is 1. The van der Waals surface area contributed by atoms with Crippen molar-refractivity contribution in [2.75, 3.05) is 5.32 Å². The molecule has 0 aromatic heterocycles. The molecule has 0 aliphatic rings. The van der Waals surface area contributed by atoms with Crippen LogP contribution < -0.4 is 5.32 Å². The van der Waals surface area contributed by atoms with Crippen molar-refractivity contribution < 1.29 is 14.0 Å². The first kappa shape index (κ1) is 15.7. The number of amides is 1. The molecule has 0 aliphatic carbocycles. The second kappa shape index (κ2) is 7.36. The summed E-state index contributed by atoms with van der Waals surface area (Å²) in [5, 5.41) is 6.42. The van der Waals surface area contributed by atoms with Crippen LogP contribution in [0.15, 0.2) is 53.7 Å². The van der Waals surface area contributed by atoms with Crippen LogP contribution in [-0.4, -0.2) is 18.2 Å². The molecule has 0 bridgehead atoms. The molecule has 0 unspecified atom stereocenters. The van der Waals surface area contributed by atoms with Gasteiger partial charge in [-0.15, -0.1) is 0 Å². The molecule has 2 aromatic carbocycles. The van der Waals surface area contributed by atoms with E-state index in [4.69, 9.17) is 4.84 Å². The highest BCUT2D eigenvalue weighted by Gasteiger charge is 2.14. The van der Waals surface area contributed by atoms with E-state index < -0.39 is 6.10 Å². The monoisotopic (exact) mass is 300 g/mol. The highest BCUT2D eigenvalue weighted by Crippen LogP contribution is 2.09. The van der Waals surface area contributed by atoms with Crippen molar-refractivity contribution in [3.05, 3.63) is 65.5 Å². The zero-order valence-corrected chi connectivity index (χ0v) is 12.4. The van der Waals surface area contributed by atoms with E-state index in [1.807, 2.05) is 31.2 Å². The molecule has 0 saturated heterocycles. The molecule has 114 valence electrons. The Morgan fingerprint density at radius 2 is 1.82 bits per heavy atom. The lowest BCUT2D eigenvalue weighted by molar-refractivity contribution is -0.126. The molecule has 0 radical (unpaired) electrons. The molecule has 0 fully saturated rings. The number of nitrogens with zero attached hydrogens (tertiary/aromatic N) is 1. The van der Waals surface area contributed by atoms with E-state index in [1.54, 1.807) is 13.1 Å². The topological polar surface area (TPSA) is 50.7 Å². The summed E-state index contributed by atoms with van der Waals surface area (Å²) in [6.07, 6.45) is 0.785. The fourth-order valence-electron chi connectivity index (χ4n) is 1.66. The van der Waals surface area contributed by atoms with Gasteiger partial charge in [0.1, 0.15) is 5.82 Å². The van der Waals surface area contributed by atoms with E-state index in [-0.39, 0.29) is 11.7 Å². The molecule has 1 atom stereocenters. The fraction of sp³-hybridized carbons (Fsp3) is 0.176. The number of nitrogens with one attached hydrogen (secondary N) is 1. The van der Waals surface area contributed by atoms with Gasteiger partial charge >= 0.3 is 0 Å². The van der Waals surface area contributed by atoms with E-state index in [1.165, 1.54) is 24.3 Å². The minimum absolute atomic E-state index is 0.354. The molecule has 5 heteroatoms. The molecule has 0 heterocycles. The van der Waals surface area contributed by atoms with Gasteiger partial charge in [0.2, 0.25) is 6.10 Å². The summed E-state index contributed by atoms with van der Waals surface area (Å²) in [6, 6.07) is 13.3. The number of hydrogen-bond donors (Lipinski definition) is 1. The van der Waals surface area contributed by atoms with Crippen LogP contribution in [0.5, 0.6) is 0 Å². The zero-order chi connectivity index (χ0) is 15.9. The second-order valence-electron chi connectivity index (χ2n) is 4.89. The van der Waals surface area contributed by atoms with Crippen LogP contribution >= 0.6 is 0 Å². The first-order valence-electron chi connectivity index (χ1n) is 6.87. The molecule has 1 amide bonds. The van der Waals surface area contributed by atoms with Gasteiger partial charge in [0.25, 0.3) is 5.91 Å². The van der Waals surface area contributed by atoms with Crippen LogP contribution in [0.1, 0.15) is 18.1 Å². The average molecular weight is 300 g/mol. The highest BCUT2D eigenvalue weighted by atomic mass is 19.1. The number of hydrogen-bond acceptors (Lipinski definition) is 3. The van der Waals surface area contributed by atoms with Crippen LogP contribution in [0, 0.1) is 12.7 Å². The minimum Gasteiger partial charge on any atom is -0.383 e. The van der Waals surface area contributed by atoms with Crippen molar-refractivity contribution in [2.24, 2.45) is 5.16 Å². The van der Waals surface area contributed by atoms with Crippen LogP contribution in [0.2, 0.25) is 0 Å².